The maximum atomic E-state index is 8.77. The van der Waals surface area contributed by atoms with Crippen LogP contribution in [0.2, 0.25) is 0 Å². The molecule has 0 radical (unpaired) electrons. The average Bonchev–Trinajstić information content (AvgIpc) is 2.29. The fourth-order valence-corrected chi connectivity index (χ4v) is 1.03. The number of anilines is 1. The molecular weight excluding hydrogens is 204 g/mol. The number of amidine groups is 1. The molecule has 0 fully saturated rings. The van der Waals surface area contributed by atoms with Gasteiger partial charge in [-0.15, -0.1) is 0 Å². The van der Waals surface area contributed by atoms with E-state index in [4.69, 9.17) is 22.6 Å². The van der Waals surface area contributed by atoms with Gasteiger partial charge in [0.05, 0.1) is 11.4 Å². The van der Waals surface area contributed by atoms with Gasteiger partial charge in [0.25, 0.3) is 0 Å². The predicted octanol–water partition coefficient (Wildman–Crippen LogP) is 0.128. The van der Waals surface area contributed by atoms with Crippen molar-refractivity contribution >= 4 is 17.2 Å². The smallest absolute Gasteiger partial charge is 0.143 e. The summed E-state index contributed by atoms with van der Waals surface area (Å²) in [6.07, 6.45) is 1.26. The van der Waals surface area contributed by atoms with Crippen LogP contribution in [-0.4, -0.2) is 5.84 Å². The first kappa shape index (κ1) is 11.6. The second kappa shape index (κ2) is 5.38. The third-order valence-corrected chi connectivity index (χ3v) is 1.80. The lowest BCUT2D eigenvalue weighted by Gasteiger charge is -2.01. The fraction of sp³-hybridized carbons (Fsp3) is 0. The van der Waals surface area contributed by atoms with Crippen LogP contribution in [-0.2, 0) is 0 Å². The number of nitrogens with one attached hydrogen (secondary N) is 1. The number of nitrogens with zero attached hydrogens (tertiary/aromatic N) is 2. The first-order valence-electron chi connectivity index (χ1n) is 4.44. The van der Waals surface area contributed by atoms with Gasteiger partial charge in [-0.25, -0.2) is 4.99 Å². The fourth-order valence-electron chi connectivity index (χ4n) is 1.03. The average molecular weight is 216 g/mol. The molecular formula is C10H12N6. The molecule has 1 aromatic carbocycles. The van der Waals surface area contributed by atoms with E-state index in [9.17, 15) is 0 Å². The molecule has 0 spiro atoms. The summed E-state index contributed by atoms with van der Waals surface area (Å²) in [4.78, 5) is 4.03. The molecule has 1 rings (SSSR count). The second-order valence-corrected chi connectivity index (χ2v) is 2.89. The molecule has 16 heavy (non-hydrogen) atoms. The van der Waals surface area contributed by atoms with Crippen molar-refractivity contribution < 1.29 is 0 Å². The van der Waals surface area contributed by atoms with E-state index < -0.39 is 0 Å². The summed E-state index contributed by atoms with van der Waals surface area (Å²) < 4.78 is 0. The van der Waals surface area contributed by atoms with Gasteiger partial charge in [-0.05, 0) is 12.1 Å². The highest BCUT2D eigenvalue weighted by atomic mass is 15.2. The second-order valence-electron chi connectivity index (χ2n) is 2.89. The Balaban J connectivity index is 3.07. The Hall–Kier alpha value is -2.52. The molecule has 0 bridgehead atoms. The molecule has 6 heteroatoms. The zero-order valence-corrected chi connectivity index (χ0v) is 8.51. The van der Waals surface area contributed by atoms with E-state index >= 15 is 0 Å². The Morgan fingerprint density at radius 1 is 1.44 bits per heavy atom. The Bertz CT molecular complexity index is 468. The number of nitrogens with two attached hydrogens (primary N) is 3. The Labute approximate surface area is 93.0 Å². The van der Waals surface area contributed by atoms with E-state index in [1.165, 1.54) is 6.20 Å². The molecule has 0 saturated carbocycles. The van der Waals surface area contributed by atoms with Crippen LogP contribution in [0, 0.1) is 11.3 Å². The minimum absolute atomic E-state index is 0.0540. The van der Waals surface area contributed by atoms with Crippen LogP contribution in [0.15, 0.2) is 41.0 Å². The largest absolute Gasteiger partial charge is 0.397 e. The lowest BCUT2D eigenvalue weighted by Crippen LogP contribution is -2.20. The molecule has 82 valence electrons. The van der Waals surface area contributed by atoms with E-state index in [0.717, 1.165) is 0 Å². The van der Waals surface area contributed by atoms with Gasteiger partial charge in [-0.2, -0.15) is 5.26 Å². The Morgan fingerprint density at radius 3 is 2.69 bits per heavy atom. The van der Waals surface area contributed by atoms with E-state index in [2.05, 4.69) is 10.4 Å². The molecule has 0 aliphatic carbocycles. The first-order chi connectivity index (χ1) is 7.69. The summed E-state index contributed by atoms with van der Waals surface area (Å²) in [6.45, 7) is 0. The third-order valence-electron chi connectivity index (χ3n) is 1.80. The van der Waals surface area contributed by atoms with Gasteiger partial charge in [-0.1, -0.05) is 12.1 Å². The SMILES string of the molecule is N#C/C(=C/NN)C(N)=Nc1ccccc1N. The molecule has 1 aromatic rings. The Kier molecular flexibility index (Phi) is 3.89. The molecule has 0 saturated heterocycles. The van der Waals surface area contributed by atoms with Crippen molar-refractivity contribution in [3.8, 4) is 6.07 Å². The van der Waals surface area contributed by atoms with Crippen molar-refractivity contribution in [3.63, 3.8) is 0 Å². The van der Waals surface area contributed by atoms with Crippen molar-refractivity contribution in [1.29, 1.82) is 5.26 Å². The maximum absolute atomic E-state index is 8.77. The summed E-state index contributed by atoms with van der Waals surface area (Å²) in [6, 6.07) is 8.83. The molecule has 0 heterocycles. The number of nitrogen functional groups attached to an aromatic ring is 1. The normalized spacial score (nSPS) is 12.0. The highest BCUT2D eigenvalue weighted by Gasteiger charge is 2.02. The lowest BCUT2D eigenvalue weighted by atomic mass is 10.2. The first-order valence-corrected chi connectivity index (χ1v) is 4.44. The number of hydrogen-bond acceptors (Lipinski definition) is 5. The van der Waals surface area contributed by atoms with Crippen molar-refractivity contribution in [2.45, 2.75) is 0 Å². The number of aliphatic imine (C=N–C) groups is 1. The van der Waals surface area contributed by atoms with Crippen LogP contribution >= 0.6 is 0 Å². The van der Waals surface area contributed by atoms with E-state index in [1.807, 2.05) is 6.07 Å². The minimum atomic E-state index is 0.0540. The summed E-state index contributed by atoms with van der Waals surface area (Å²) in [5.74, 6) is 5.11. The van der Waals surface area contributed by atoms with E-state index in [-0.39, 0.29) is 11.4 Å². The lowest BCUT2D eigenvalue weighted by molar-refractivity contribution is 0.963. The number of nitriles is 1. The van der Waals surface area contributed by atoms with Gasteiger partial charge in [0.15, 0.2) is 0 Å². The van der Waals surface area contributed by atoms with Crippen LogP contribution in [0.1, 0.15) is 0 Å². The van der Waals surface area contributed by atoms with Crippen LogP contribution in [0.25, 0.3) is 0 Å². The number of benzene rings is 1. The standard InChI is InChI=1S/C10H12N6/c11-5-7(6-15-14)10(13)16-9-4-2-1-3-8(9)12/h1-4,6,15H,12,14H2,(H2,13,16)/b7-6-. The van der Waals surface area contributed by atoms with Gasteiger partial charge < -0.3 is 16.9 Å². The van der Waals surface area contributed by atoms with Crippen LogP contribution in [0.3, 0.4) is 0 Å². The number of para-hydroxylation sites is 2. The predicted molar refractivity (Wildman–Crippen MR) is 63.2 cm³/mol. The Morgan fingerprint density at radius 2 is 2.12 bits per heavy atom. The van der Waals surface area contributed by atoms with Gasteiger partial charge >= 0.3 is 0 Å². The minimum Gasteiger partial charge on any atom is -0.397 e. The van der Waals surface area contributed by atoms with Gasteiger partial charge in [0, 0.05) is 6.20 Å². The zero-order chi connectivity index (χ0) is 12.0. The number of hydrogen-bond donors (Lipinski definition) is 4. The van der Waals surface area contributed by atoms with E-state index in [0.29, 0.717) is 11.4 Å². The topological polar surface area (TPSA) is 126 Å². The summed E-state index contributed by atoms with van der Waals surface area (Å²) in [7, 11) is 0. The van der Waals surface area contributed by atoms with Crippen molar-refractivity contribution in [3.05, 3.63) is 36.0 Å². The zero-order valence-electron chi connectivity index (χ0n) is 8.51. The van der Waals surface area contributed by atoms with Crippen molar-refractivity contribution in [2.75, 3.05) is 5.73 Å². The molecule has 0 amide bonds. The van der Waals surface area contributed by atoms with Gasteiger partial charge in [0.1, 0.15) is 17.5 Å². The van der Waals surface area contributed by atoms with Crippen LogP contribution in [0.5, 0.6) is 0 Å². The van der Waals surface area contributed by atoms with Gasteiger partial charge in [0.2, 0.25) is 0 Å². The highest BCUT2D eigenvalue weighted by molar-refractivity contribution is 6.02. The van der Waals surface area contributed by atoms with Gasteiger partial charge in [-0.3, -0.25) is 5.84 Å². The van der Waals surface area contributed by atoms with Crippen LogP contribution < -0.4 is 22.7 Å². The molecule has 7 N–H and O–H groups in total. The highest BCUT2D eigenvalue weighted by Crippen LogP contribution is 2.20. The molecule has 0 atom stereocenters. The summed E-state index contributed by atoms with van der Waals surface area (Å²) >= 11 is 0. The van der Waals surface area contributed by atoms with Crippen LogP contribution in [0.4, 0.5) is 11.4 Å². The number of hydrazine groups is 1. The van der Waals surface area contributed by atoms with Crippen molar-refractivity contribution in [2.24, 2.45) is 16.6 Å². The molecule has 0 aliphatic heterocycles. The molecule has 0 aliphatic rings. The monoisotopic (exact) mass is 216 g/mol. The third kappa shape index (κ3) is 2.73. The van der Waals surface area contributed by atoms with Crippen molar-refractivity contribution in [1.82, 2.24) is 5.43 Å². The quantitative estimate of drug-likeness (QED) is 0.143. The molecule has 6 nitrogen and oxygen atoms in total. The number of rotatable bonds is 3. The summed E-state index contributed by atoms with van der Waals surface area (Å²) in [5, 5.41) is 8.77. The molecule has 0 unspecified atom stereocenters. The molecule has 0 aromatic heterocycles. The van der Waals surface area contributed by atoms with E-state index in [1.54, 1.807) is 24.3 Å². The summed E-state index contributed by atoms with van der Waals surface area (Å²) in [5.41, 5.74) is 14.7. The maximum Gasteiger partial charge on any atom is 0.143 e.